The van der Waals surface area contributed by atoms with Gasteiger partial charge in [-0.2, -0.15) is 0 Å². The van der Waals surface area contributed by atoms with E-state index in [0.717, 1.165) is 6.42 Å². The molecular weight excluding hydrogens is 134 g/mol. The summed E-state index contributed by atoms with van der Waals surface area (Å²) in [6.45, 7) is 3.69. The van der Waals surface area contributed by atoms with E-state index in [9.17, 15) is 0 Å². The fourth-order valence-electron chi connectivity index (χ4n) is 1.47. The Morgan fingerprint density at radius 1 is 1.45 bits per heavy atom. The molecule has 0 aromatic rings. The van der Waals surface area contributed by atoms with Gasteiger partial charge < -0.3 is 5.73 Å². The van der Waals surface area contributed by atoms with Crippen molar-refractivity contribution in [2.75, 3.05) is 0 Å². The van der Waals surface area contributed by atoms with Crippen LogP contribution in [0.4, 0.5) is 0 Å². The van der Waals surface area contributed by atoms with Crippen LogP contribution in [-0.4, -0.2) is 6.04 Å². The van der Waals surface area contributed by atoms with Crippen molar-refractivity contribution in [2.45, 2.75) is 38.1 Å². The largest absolute Gasteiger partial charge is 0.328 e. The minimum atomic E-state index is 0.455. The SMILES string of the molecule is C=CCC=C1CCC(N)CC1. The first-order valence-electron chi connectivity index (χ1n) is 4.37. The van der Waals surface area contributed by atoms with Gasteiger partial charge in [-0.15, -0.1) is 6.58 Å². The van der Waals surface area contributed by atoms with E-state index in [0.29, 0.717) is 6.04 Å². The molecule has 0 bridgehead atoms. The standard InChI is InChI=1S/C10H17N/c1-2-3-4-9-5-7-10(11)8-6-9/h2,4,10H,1,3,5-8,11H2. The highest BCUT2D eigenvalue weighted by Gasteiger charge is 2.11. The molecule has 11 heavy (non-hydrogen) atoms. The highest BCUT2D eigenvalue weighted by atomic mass is 14.6. The van der Waals surface area contributed by atoms with Gasteiger partial charge in [-0.1, -0.05) is 17.7 Å². The summed E-state index contributed by atoms with van der Waals surface area (Å²) < 4.78 is 0. The Morgan fingerprint density at radius 2 is 2.09 bits per heavy atom. The number of rotatable bonds is 2. The lowest BCUT2D eigenvalue weighted by molar-refractivity contribution is 0.510. The molecule has 0 amide bonds. The average molecular weight is 151 g/mol. The topological polar surface area (TPSA) is 26.0 Å². The minimum absolute atomic E-state index is 0.455. The van der Waals surface area contributed by atoms with Crippen LogP contribution in [-0.2, 0) is 0 Å². The van der Waals surface area contributed by atoms with E-state index in [1.54, 1.807) is 5.57 Å². The lowest BCUT2D eigenvalue weighted by atomic mass is 9.91. The van der Waals surface area contributed by atoms with Gasteiger partial charge >= 0.3 is 0 Å². The maximum absolute atomic E-state index is 5.78. The molecule has 0 aromatic heterocycles. The zero-order chi connectivity index (χ0) is 8.10. The van der Waals surface area contributed by atoms with Crippen LogP contribution in [0.1, 0.15) is 32.1 Å². The van der Waals surface area contributed by atoms with Gasteiger partial charge in [0.2, 0.25) is 0 Å². The first kappa shape index (κ1) is 8.54. The predicted molar refractivity (Wildman–Crippen MR) is 49.3 cm³/mol. The van der Waals surface area contributed by atoms with Gasteiger partial charge in [-0.25, -0.2) is 0 Å². The van der Waals surface area contributed by atoms with Crippen LogP contribution in [0, 0.1) is 0 Å². The van der Waals surface area contributed by atoms with Gasteiger partial charge in [-0.05, 0) is 32.1 Å². The van der Waals surface area contributed by atoms with E-state index in [1.165, 1.54) is 25.7 Å². The minimum Gasteiger partial charge on any atom is -0.328 e. The molecule has 0 atom stereocenters. The normalized spacial score (nSPS) is 24.8. The van der Waals surface area contributed by atoms with Crippen molar-refractivity contribution in [3.63, 3.8) is 0 Å². The Labute approximate surface area is 69.0 Å². The Hall–Kier alpha value is -0.560. The van der Waals surface area contributed by atoms with E-state index in [1.807, 2.05) is 6.08 Å². The van der Waals surface area contributed by atoms with E-state index in [-0.39, 0.29) is 0 Å². The Morgan fingerprint density at radius 3 is 2.64 bits per heavy atom. The molecule has 0 aromatic carbocycles. The lowest BCUT2D eigenvalue weighted by Gasteiger charge is -2.19. The number of hydrogen-bond donors (Lipinski definition) is 1. The molecule has 1 saturated carbocycles. The molecule has 1 rings (SSSR count). The van der Waals surface area contributed by atoms with Crippen molar-refractivity contribution >= 4 is 0 Å². The molecule has 2 N–H and O–H groups in total. The van der Waals surface area contributed by atoms with Gasteiger partial charge in [0, 0.05) is 6.04 Å². The summed E-state index contributed by atoms with van der Waals surface area (Å²) in [4.78, 5) is 0. The van der Waals surface area contributed by atoms with E-state index in [4.69, 9.17) is 5.73 Å². The van der Waals surface area contributed by atoms with Crippen molar-refractivity contribution in [3.05, 3.63) is 24.3 Å². The van der Waals surface area contributed by atoms with Crippen LogP contribution in [0.15, 0.2) is 24.3 Å². The van der Waals surface area contributed by atoms with Gasteiger partial charge in [0.1, 0.15) is 0 Å². The van der Waals surface area contributed by atoms with Gasteiger partial charge in [0.05, 0.1) is 0 Å². The molecular formula is C10H17N. The Kier molecular flexibility index (Phi) is 3.37. The third-order valence-corrected chi connectivity index (χ3v) is 2.25. The number of allylic oxidation sites excluding steroid dienone is 3. The fraction of sp³-hybridized carbons (Fsp3) is 0.600. The molecule has 1 fully saturated rings. The molecule has 1 nitrogen and oxygen atoms in total. The van der Waals surface area contributed by atoms with Crippen LogP contribution in [0.5, 0.6) is 0 Å². The average Bonchev–Trinajstić information content (AvgIpc) is 2.04. The van der Waals surface area contributed by atoms with Crippen LogP contribution >= 0.6 is 0 Å². The van der Waals surface area contributed by atoms with E-state index >= 15 is 0 Å². The quantitative estimate of drug-likeness (QED) is 0.602. The Bertz CT molecular complexity index is 148. The second kappa shape index (κ2) is 4.35. The summed E-state index contributed by atoms with van der Waals surface area (Å²) in [7, 11) is 0. The molecule has 0 spiro atoms. The first-order chi connectivity index (χ1) is 5.33. The van der Waals surface area contributed by atoms with Gasteiger partial charge in [0.25, 0.3) is 0 Å². The maximum atomic E-state index is 5.78. The highest BCUT2D eigenvalue weighted by molar-refractivity contribution is 5.07. The second-order valence-corrected chi connectivity index (χ2v) is 3.22. The summed E-state index contributed by atoms with van der Waals surface area (Å²) in [5.41, 5.74) is 7.35. The smallest absolute Gasteiger partial charge is 0.00449 e. The lowest BCUT2D eigenvalue weighted by Crippen LogP contribution is -2.23. The van der Waals surface area contributed by atoms with Crippen molar-refractivity contribution in [2.24, 2.45) is 5.73 Å². The van der Waals surface area contributed by atoms with Gasteiger partial charge in [-0.3, -0.25) is 0 Å². The molecule has 1 aliphatic carbocycles. The Balaban J connectivity index is 2.32. The third kappa shape index (κ3) is 2.89. The molecule has 0 radical (unpaired) electrons. The van der Waals surface area contributed by atoms with Crippen molar-refractivity contribution in [1.29, 1.82) is 0 Å². The van der Waals surface area contributed by atoms with E-state index in [2.05, 4.69) is 12.7 Å². The molecule has 1 aliphatic rings. The van der Waals surface area contributed by atoms with Gasteiger partial charge in [0.15, 0.2) is 0 Å². The zero-order valence-corrected chi connectivity index (χ0v) is 7.05. The molecule has 62 valence electrons. The monoisotopic (exact) mass is 151 g/mol. The van der Waals surface area contributed by atoms with Crippen LogP contribution < -0.4 is 5.73 Å². The number of nitrogens with two attached hydrogens (primary N) is 1. The predicted octanol–water partition coefficient (Wildman–Crippen LogP) is 2.39. The van der Waals surface area contributed by atoms with Crippen LogP contribution in [0.3, 0.4) is 0 Å². The van der Waals surface area contributed by atoms with E-state index < -0.39 is 0 Å². The summed E-state index contributed by atoms with van der Waals surface area (Å²) in [5.74, 6) is 0. The fourth-order valence-corrected chi connectivity index (χ4v) is 1.47. The number of hydrogen-bond acceptors (Lipinski definition) is 1. The maximum Gasteiger partial charge on any atom is 0.00449 e. The molecule has 0 aliphatic heterocycles. The molecule has 0 unspecified atom stereocenters. The summed E-state index contributed by atoms with van der Waals surface area (Å²) in [6, 6.07) is 0.455. The molecule has 1 heteroatoms. The second-order valence-electron chi connectivity index (χ2n) is 3.22. The van der Waals surface area contributed by atoms with Crippen molar-refractivity contribution < 1.29 is 0 Å². The summed E-state index contributed by atoms with van der Waals surface area (Å²) in [5, 5.41) is 0. The first-order valence-corrected chi connectivity index (χ1v) is 4.37. The highest BCUT2D eigenvalue weighted by Crippen LogP contribution is 2.22. The summed E-state index contributed by atoms with van der Waals surface area (Å²) >= 11 is 0. The molecule has 0 heterocycles. The zero-order valence-electron chi connectivity index (χ0n) is 7.05. The summed E-state index contributed by atoms with van der Waals surface area (Å²) in [6.07, 6.45) is 10.0. The van der Waals surface area contributed by atoms with Crippen LogP contribution in [0.2, 0.25) is 0 Å². The van der Waals surface area contributed by atoms with Crippen molar-refractivity contribution in [1.82, 2.24) is 0 Å². The molecule has 0 saturated heterocycles. The third-order valence-electron chi connectivity index (χ3n) is 2.25. The van der Waals surface area contributed by atoms with Crippen LogP contribution in [0.25, 0.3) is 0 Å². The van der Waals surface area contributed by atoms with Crippen molar-refractivity contribution in [3.8, 4) is 0 Å².